The van der Waals surface area contributed by atoms with Crippen LogP contribution in [-0.4, -0.2) is 37.5 Å². The maximum absolute atomic E-state index is 12.7. The predicted octanol–water partition coefficient (Wildman–Crippen LogP) is 3.31. The number of urea groups is 1. The lowest BCUT2D eigenvalue weighted by atomic mass is 10.1. The van der Waals surface area contributed by atoms with Gasteiger partial charge < -0.3 is 19.1 Å². The van der Waals surface area contributed by atoms with Crippen LogP contribution in [0.4, 0.5) is 4.79 Å². The monoisotopic (exact) mass is 418 g/mol. The summed E-state index contributed by atoms with van der Waals surface area (Å²) in [5, 5.41) is 15.9. The average Bonchev–Trinajstić information content (AvgIpc) is 3.53. The standard InChI is InChI=1S/C22H22N6O3/c1-14-5-7-15(8-6-14)20-24-25-21(31-20)19-17-13-28(10-9-18(17)27(2)26-19)22(29)23-12-16-4-3-11-30-16/h3-8,11H,9-10,12-13H2,1-2H3,(H,23,29). The first-order valence-electron chi connectivity index (χ1n) is 10.1. The fraction of sp³-hybridized carbons (Fsp3) is 0.273. The molecule has 4 heterocycles. The zero-order chi connectivity index (χ0) is 21.4. The lowest BCUT2D eigenvalue weighted by Crippen LogP contribution is -2.42. The molecule has 0 spiro atoms. The molecular formula is C22H22N6O3. The Kier molecular flexibility index (Phi) is 4.78. The zero-order valence-electron chi connectivity index (χ0n) is 17.3. The summed E-state index contributed by atoms with van der Waals surface area (Å²) in [6.45, 7) is 3.40. The fourth-order valence-electron chi connectivity index (χ4n) is 3.76. The van der Waals surface area contributed by atoms with E-state index >= 15 is 0 Å². The summed E-state index contributed by atoms with van der Waals surface area (Å²) in [5.41, 5.74) is 4.63. The zero-order valence-corrected chi connectivity index (χ0v) is 17.3. The van der Waals surface area contributed by atoms with Crippen molar-refractivity contribution in [2.75, 3.05) is 6.54 Å². The van der Waals surface area contributed by atoms with Crippen molar-refractivity contribution < 1.29 is 13.6 Å². The van der Waals surface area contributed by atoms with Gasteiger partial charge in [0.2, 0.25) is 5.89 Å². The molecule has 9 nitrogen and oxygen atoms in total. The summed E-state index contributed by atoms with van der Waals surface area (Å²) in [6.07, 6.45) is 2.29. The molecule has 31 heavy (non-hydrogen) atoms. The van der Waals surface area contributed by atoms with Gasteiger partial charge in [-0.15, -0.1) is 10.2 Å². The first kappa shape index (κ1) is 19.1. The molecule has 0 atom stereocenters. The first-order valence-corrected chi connectivity index (χ1v) is 10.1. The molecule has 2 amide bonds. The van der Waals surface area contributed by atoms with Gasteiger partial charge >= 0.3 is 6.03 Å². The molecule has 5 rings (SSSR count). The summed E-state index contributed by atoms with van der Waals surface area (Å²) < 4.78 is 13.0. The molecule has 0 saturated carbocycles. The summed E-state index contributed by atoms with van der Waals surface area (Å²) in [5.74, 6) is 1.51. The van der Waals surface area contributed by atoms with Crippen molar-refractivity contribution in [1.82, 2.24) is 30.2 Å². The number of nitrogens with one attached hydrogen (secondary N) is 1. The number of benzene rings is 1. The molecule has 0 aliphatic carbocycles. The molecule has 1 aliphatic heterocycles. The van der Waals surface area contributed by atoms with Crippen molar-refractivity contribution in [3.63, 3.8) is 0 Å². The Labute approximate surface area is 178 Å². The Hall–Kier alpha value is -3.88. The number of amides is 2. The molecule has 0 radical (unpaired) electrons. The van der Waals surface area contributed by atoms with Gasteiger partial charge in [-0.05, 0) is 31.2 Å². The number of carbonyl (C=O) groups is 1. The van der Waals surface area contributed by atoms with E-state index in [9.17, 15) is 4.79 Å². The Bertz CT molecular complexity index is 1210. The highest BCUT2D eigenvalue weighted by atomic mass is 16.4. The van der Waals surface area contributed by atoms with Gasteiger partial charge in [0.15, 0.2) is 5.69 Å². The lowest BCUT2D eigenvalue weighted by molar-refractivity contribution is 0.190. The third-order valence-corrected chi connectivity index (χ3v) is 5.45. The van der Waals surface area contributed by atoms with E-state index in [1.165, 1.54) is 0 Å². The molecule has 158 valence electrons. The van der Waals surface area contributed by atoms with Crippen molar-refractivity contribution in [3.8, 4) is 23.0 Å². The number of carbonyl (C=O) groups excluding carboxylic acids is 1. The first-order chi connectivity index (χ1) is 15.1. The van der Waals surface area contributed by atoms with Gasteiger partial charge in [0.05, 0.1) is 19.4 Å². The number of furan rings is 1. The van der Waals surface area contributed by atoms with Crippen LogP contribution in [0.15, 0.2) is 51.5 Å². The largest absolute Gasteiger partial charge is 0.467 e. The fourth-order valence-corrected chi connectivity index (χ4v) is 3.76. The van der Waals surface area contributed by atoms with Gasteiger partial charge in [0.1, 0.15) is 5.76 Å². The summed E-state index contributed by atoms with van der Waals surface area (Å²) in [7, 11) is 1.90. The van der Waals surface area contributed by atoms with E-state index in [1.807, 2.05) is 49.0 Å². The summed E-state index contributed by atoms with van der Waals surface area (Å²) in [4.78, 5) is 14.4. The van der Waals surface area contributed by atoms with Gasteiger partial charge in [-0.1, -0.05) is 17.7 Å². The second-order valence-electron chi connectivity index (χ2n) is 7.59. The van der Waals surface area contributed by atoms with Crippen LogP contribution >= 0.6 is 0 Å². The van der Waals surface area contributed by atoms with Crippen molar-refractivity contribution in [2.45, 2.75) is 26.4 Å². The minimum Gasteiger partial charge on any atom is -0.467 e. The Morgan fingerprint density at radius 1 is 1.16 bits per heavy atom. The molecule has 0 saturated heterocycles. The van der Waals surface area contributed by atoms with Crippen LogP contribution in [0.1, 0.15) is 22.6 Å². The van der Waals surface area contributed by atoms with Crippen LogP contribution < -0.4 is 5.32 Å². The molecule has 0 fully saturated rings. The van der Waals surface area contributed by atoms with Crippen LogP contribution in [0, 0.1) is 6.92 Å². The van der Waals surface area contributed by atoms with Crippen LogP contribution in [0.2, 0.25) is 0 Å². The third kappa shape index (κ3) is 3.70. The molecule has 0 bridgehead atoms. The SMILES string of the molecule is Cc1ccc(-c2nnc(-c3nn(C)c4c3CN(C(=O)NCc3ccco3)CC4)o2)cc1. The highest BCUT2D eigenvalue weighted by Crippen LogP contribution is 2.30. The number of rotatable bonds is 4. The maximum atomic E-state index is 12.7. The van der Waals surface area contributed by atoms with Gasteiger partial charge in [-0.3, -0.25) is 4.68 Å². The molecule has 0 unspecified atom stereocenters. The molecule has 1 N–H and O–H groups in total. The van der Waals surface area contributed by atoms with Crippen LogP contribution in [0.3, 0.4) is 0 Å². The quantitative estimate of drug-likeness (QED) is 0.546. The Morgan fingerprint density at radius 2 is 1.97 bits per heavy atom. The van der Waals surface area contributed by atoms with E-state index in [2.05, 4.69) is 20.6 Å². The van der Waals surface area contributed by atoms with E-state index in [4.69, 9.17) is 8.83 Å². The van der Waals surface area contributed by atoms with E-state index in [0.717, 1.165) is 22.4 Å². The van der Waals surface area contributed by atoms with Crippen molar-refractivity contribution in [2.24, 2.45) is 7.05 Å². The van der Waals surface area contributed by atoms with Gasteiger partial charge in [0, 0.05) is 36.8 Å². The van der Waals surface area contributed by atoms with Gasteiger partial charge in [-0.25, -0.2) is 4.79 Å². The van der Waals surface area contributed by atoms with Crippen molar-refractivity contribution >= 4 is 6.03 Å². The van der Waals surface area contributed by atoms with Crippen LogP contribution in [0.5, 0.6) is 0 Å². The van der Waals surface area contributed by atoms with E-state index in [1.54, 1.807) is 17.2 Å². The van der Waals surface area contributed by atoms with Crippen molar-refractivity contribution in [1.29, 1.82) is 0 Å². The summed E-state index contributed by atoms with van der Waals surface area (Å²) in [6, 6.07) is 11.4. The van der Waals surface area contributed by atoms with Gasteiger partial charge in [0.25, 0.3) is 5.89 Å². The molecular weight excluding hydrogens is 396 g/mol. The van der Waals surface area contributed by atoms with E-state index < -0.39 is 0 Å². The predicted molar refractivity (Wildman–Crippen MR) is 112 cm³/mol. The van der Waals surface area contributed by atoms with E-state index in [0.29, 0.717) is 49.3 Å². The minimum absolute atomic E-state index is 0.150. The molecule has 1 aliphatic rings. The second-order valence-corrected chi connectivity index (χ2v) is 7.59. The molecule has 4 aromatic rings. The minimum atomic E-state index is -0.150. The number of nitrogens with zero attached hydrogens (tertiary/aromatic N) is 5. The number of fused-ring (bicyclic) bond motifs is 1. The number of hydrogen-bond acceptors (Lipinski definition) is 6. The molecule has 9 heteroatoms. The van der Waals surface area contributed by atoms with Gasteiger partial charge in [-0.2, -0.15) is 5.10 Å². The normalized spacial score (nSPS) is 13.3. The number of aromatic nitrogens is 4. The summed E-state index contributed by atoms with van der Waals surface area (Å²) >= 11 is 0. The highest BCUT2D eigenvalue weighted by Gasteiger charge is 2.29. The maximum Gasteiger partial charge on any atom is 0.318 e. The second kappa shape index (κ2) is 7.75. The molecule has 3 aromatic heterocycles. The number of aryl methyl sites for hydroxylation is 2. The average molecular weight is 418 g/mol. The lowest BCUT2D eigenvalue weighted by Gasteiger charge is -2.27. The Balaban J connectivity index is 1.37. The van der Waals surface area contributed by atoms with Crippen LogP contribution in [0.25, 0.3) is 23.0 Å². The Morgan fingerprint density at radius 3 is 2.74 bits per heavy atom. The molecule has 1 aromatic carbocycles. The topological polar surface area (TPSA) is 102 Å². The van der Waals surface area contributed by atoms with Crippen LogP contribution in [-0.2, 0) is 26.6 Å². The third-order valence-electron chi connectivity index (χ3n) is 5.45. The smallest absolute Gasteiger partial charge is 0.318 e. The highest BCUT2D eigenvalue weighted by molar-refractivity contribution is 5.75. The number of hydrogen-bond donors (Lipinski definition) is 1. The van der Waals surface area contributed by atoms with Crippen molar-refractivity contribution in [3.05, 3.63) is 65.2 Å². The van der Waals surface area contributed by atoms with E-state index in [-0.39, 0.29) is 6.03 Å².